The van der Waals surface area contributed by atoms with E-state index in [9.17, 15) is 0 Å². The Hall–Kier alpha value is -0.940. The second-order valence-corrected chi connectivity index (χ2v) is 4.12. The van der Waals surface area contributed by atoms with Gasteiger partial charge in [0.1, 0.15) is 5.03 Å². The molecule has 2 rings (SSSR count). The van der Waals surface area contributed by atoms with Crippen LogP contribution in [0.3, 0.4) is 0 Å². The number of hydrogen-bond acceptors (Lipinski definition) is 5. The predicted octanol–water partition coefficient (Wildman–Crippen LogP) is 2.08. The van der Waals surface area contributed by atoms with Gasteiger partial charge in [-0.05, 0) is 23.9 Å². The van der Waals surface area contributed by atoms with Gasteiger partial charge in [-0.1, -0.05) is 0 Å². The molecule has 60 valence electrons. The first-order valence-electron chi connectivity index (χ1n) is 3.30. The Labute approximate surface area is 77.9 Å². The third-order valence-corrected chi connectivity index (χ3v) is 2.96. The summed E-state index contributed by atoms with van der Waals surface area (Å²) in [5.41, 5.74) is 0. The molecule has 0 spiro atoms. The smallest absolute Gasteiger partial charge is 0.156 e. The van der Waals surface area contributed by atoms with Crippen LogP contribution >= 0.6 is 23.1 Å². The Morgan fingerprint density at radius 2 is 2.33 bits per heavy atom. The van der Waals surface area contributed by atoms with E-state index < -0.39 is 0 Å². The molecule has 0 amide bonds. The summed E-state index contributed by atoms with van der Waals surface area (Å²) in [6, 6.07) is 3.78. The molecule has 0 saturated heterocycles. The first-order valence-corrected chi connectivity index (χ1v) is 5.00. The average molecular weight is 195 g/mol. The lowest BCUT2D eigenvalue weighted by molar-refractivity contribution is 0.928. The van der Waals surface area contributed by atoms with Crippen LogP contribution in [0, 0.1) is 0 Å². The van der Waals surface area contributed by atoms with Crippen molar-refractivity contribution in [2.24, 2.45) is 0 Å². The highest BCUT2D eigenvalue weighted by molar-refractivity contribution is 8.00. The fraction of sp³-hybridized carbons (Fsp3) is 0. The lowest BCUT2D eigenvalue weighted by Gasteiger charge is -1.92. The van der Waals surface area contributed by atoms with Crippen molar-refractivity contribution in [3.8, 4) is 0 Å². The zero-order valence-electron chi connectivity index (χ0n) is 6.04. The lowest BCUT2D eigenvalue weighted by atomic mass is 10.6. The molecule has 2 heterocycles. The van der Waals surface area contributed by atoms with E-state index >= 15 is 0 Å². The van der Waals surface area contributed by atoms with Gasteiger partial charge >= 0.3 is 0 Å². The molecule has 0 bridgehead atoms. The van der Waals surface area contributed by atoms with Crippen LogP contribution in [0.5, 0.6) is 0 Å². The summed E-state index contributed by atoms with van der Waals surface area (Å²) in [5, 5.41) is 10.5. The third kappa shape index (κ3) is 1.80. The van der Waals surface area contributed by atoms with Gasteiger partial charge in [0.05, 0.1) is 0 Å². The van der Waals surface area contributed by atoms with Gasteiger partial charge in [-0.3, -0.25) is 0 Å². The summed E-state index contributed by atoms with van der Waals surface area (Å²) in [7, 11) is 0. The van der Waals surface area contributed by atoms with Gasteiger partial charge in [-0.15, -0.1) is 16.4 Å². The SMILES string of the molecule is c1cnnc(Sc2nccs2)c1. The first-order chi connectivity index (χ1) is 5.95. The number of thiazole rings is 1. The van der Waals surface area contributed by atoms with Crippen molar-refractivity contribution in [3.63, 3.8) is 0 Å². The number of rotatable bonds is 2. The normalized spacial score (nSPS) is 10.0. The fourth-order valence-electron chi connectivity index (χ4n) is 0.692. The maximum absolute atomic E-state index is 4.13. The largest absolute Gasteiger partial charge is 0.238 e. The van der Waals surface area contributed by atoms with Crippen LogP contribution in [0.15, 0.2) is 39.3 Å². The van der Waals surface area contributed by atoms with E-state index in [2.05, 4.69) is 15.2 Å². The molecule has 0 saturated carbocycles. The molecule has 0 aliphatic carbocycles. The van der Waals surface area contributed by atoms with Crippen molar-refractivity contribution in [1.82, 2.24) is 15.2 Å². The van der Waals surface area contributed by atoms with Crippen LogP contribution in [-0.4, -0.2) is 15.2 Å². The second kappa shape index (κ2) is 3.64. The highest BCUT2D eigenvalue weighted by Crippen LogP contribution is 2.26. The monoisotopic (exact) mass is 195 g/mol. The van der Waals surface area contributed by atoms with E-state index in [1.165, 1.54) is 11.8 Å². The van der Waals surface area contributed by atoms with E-state index in [-0.39, 0.29) is 0 Å². The highest BCUT2D eigenvalue weighted by Gasteiger charge is 1.99. The molecule has 0 unspecified atom stereocenters. The zero-order chi connectivity index (χ0) is 8.23. The Bertz CT molecular complexity index is 333. The molecule has 0 N–H and O–H groups in total. The standard InChI is InChI=1S/C7H5N3S2/c1-2-6(10-9-3-1)12-7-8-4-5-11-7/h1-5H. The molecule has 0 aliphatic rings. The molecule has 0 atom stereocenters. The second-order valence-electron chi connectivity index (χ2n) is 1.96. The van der Waals surface area contributed by atoms with Crippen molar-refractivity contribution in [3.05, 3.63) is 29.9 Å². The summed E-state index contributed by atoms with van der Waals surface area (Å²) in [5.74, 6) is 0. The maximum Gasteiger partial charge on any atom is 0.156 e. The first kappa shape index (κ1) is 7.70. The van der Waals surface area contributed by atoms with Crippen molar-refractivity contribution in [1.29, 1.82) is 0 Å². The molecule has 0 fully saturated rings. The molecule has 2 aromatic heterocycles. The zero-order valence-corrected chi connectivity index (χ0v) is 7.68. The summed E-state index contributed by atoms with van der Waals surface area (Å²) in [6.45, 7) is 0. The summed E-state index contributed by atoms with van der Waals surface area (Å²) in [6.07, 6.45) is 3.44. The van der Waals surface area contributed by atoms with Gasteiger partial charge in [0.15, 0.2) is 4.34 Å². The Kier molecular flexibility index (Phi) is 2.33. The van der Waals surface area contributed by atoms with Gasteiger partial charge in [0, 0.05) is 17.8 Å². The van der Waals surface area contributed by atoms with Crippen LogP contribution in [0.25, 0.3) is 0 Å². The molecule has 5 heteroatoms. The Morgan fingerprint density at radius 3 is 3.00 bits per heavy atom. The van der Waals surface area contributed by atoms with Crippen molar-refractivity contribution in [2.45, 2.75) is 9.37 Å². The molecular formula is C7H5N3S2. The van der Waals surface area contributed by atoms with E-state index in [4.69, 9.17) is 0 Å². The Morgan fingerprint density at radius 1 is 1.33 bits per heavy atom. The fourth-order valence-corrected chi connectivity index (χ4v) is 2.19. The number of hydrogen-bond donors (Lipinski definition) is 0. The van der Waals surface area contributed by atoms with E-state index in [0.29, 0.717) is 0 Å². The Balaban J connectivity index is 2.15. The van der Waals surface area contributed by atoms with Gasteiger partial charge in [0.25, 0.3) is 0 Å². The molecule has 12 heavy (non-hydrogen) atoms. The maximum atomic E-state index is 4.13. The minimum absolute atomic E-state index is 0.882. The summed E-state index contributed by atoms with van der Waals surface area (Å²) >= 11 is 3.13. The van der Waals surface area contributed by atoms with Gasteiger partial charge in [-0.25, -0.2) is 4.98 Å². The molecule has 2 aromatic rings. The van der Waals surface area contributed by atoms with Crippen LogP contribution in [-0.2, 0) is 0 Å². The van der Waals surface area contributed by atoms with E-state index in [1.807, 2.05) is 17.5 Å². The van der Waals surface area contributed by atoms with Crippen molar-refractivity contribution < 1.29 is 0 Å². The topological polar surface area (TPSA) is 38.7 Å². The van der Waals surface area contributed by atoms with Crippen LogP contribution in [0.1, 0.15) is 0 Å². The summed E-state index contributed by atoms with van der Waals surface area (Å²) < 4.78 is 0.996. The van der Waals surface area contributed by atoms with E-state index in [1.54, 1.807) is 23.7 Å². The molecule has 3 nitrogen and oxygen atoms in total. The number of aromatic nitrogens is 3. The minimum atomic E-state index is 0.882. The van der Waals surface area contributed by atoms with Gasteiger partial charge in [0.2, 0.25) is 0 Å². The van der Waals surface area contributed by atoms with Crippen LogP contribution in [0.2, 0.25) is 0 Å². The molecule has 0 radical (unpaired) electrons. The van der Waals surface area contributed by atoms with Crippen LogP contribution < -0.4 is 0 Å². The molecular weight excluding hydrogens is 190 g/mol. The van der Waals surface area contributed by atoms with E-state index in [0.717, 1.165) is 9.37 Å². The number of nitrogens with zero attached hydrogens (tertiary/aromatic N) is 3. The average Bonchev–Trinajstić information content (AvgIpc) is 2.59. The molecule has 0 aliphatic heterocycles. The molecule has 0 aromatic carbocycles. The highest BCUT2D eigenvalue weighted by atomic mass is 32.2. The predicted molar refractivity (Wildman–Crippen MR) is 48.3 cm³/mol. The van der Waals surface area contributed by atoms with Crippen molar-refractivity contribution >= 4 is 23.1 Å². The quantitative estimate of drug-likeness (QED) is 0.735. The minimum Gasteiger partial charge on any atom is -0.238 e. The third-order valence-electron chi connectivity index (χ3n) is 1.15. The summed E-state index contributed by atoms with van der Waals surface area (Å²) in [4.78, 5) is 4.13. The van der Waals surface area contributed by atoms with Crippen LogP contribution in [0.4, 0.5) is 0 Å². The van der Waals surface area contributed by atoms with Gasteiger partial charge < -0.3 is 0 Å². The lowest BCUT2D eigenvalue weighted by Crippen LogP contribution is -1.81. The van der Waals surface area contributed by atoms with Gasteiger partial charge in [-0.2, -0.15) is 5.10 Å². The van der Waals surface area contributed by atoms with Crippen molar-refractivity contribution in [2.75, 3.05) is 0 Å².